The van der Waals surface area contributed by atoms with Gasteiger partial charge in [0, 0.05) is 0 Å². The highest BCUT2D eigenvalue weighted by Crippen LogP contribution is 2.29. The van der Waals surface area contributed by atoms with Crippen molar-refractivity contribution in [2.45, 2.75) is 51.7 Å². The molecule has 18 heavy (non-hydrogen) atoms. The predicted molar refractivity (Wildman–Crippen MR) is 74.9 cm³/mol. The predicted octanol–water partition coefficient (Wildman–Crippen LogP) is 5.07. The highest BCUT2D eigenvalue weighted by atomic mass is 79.9. The van der Waals surface area contributed by atoms with E-state index in [4.69, 9.17) is 4.74 Å². The fourth-order valence-corrected chi connectivity index (χ4v) is 3.03. The third-order valence-electron chi connectivity index (χ3n) is 3.78. The molecule has 2 atom stereocenters. The zero-order valence-electron chi connectivity index (χ0n) is 10.8. The average Bonchev–Trinajstić information content (AvgIpc) is 2.40. The number of hydrogen-bond acceptors (Lipinski definition) is 1. The van der Waals surface area contributed by atoms with Gasteiger partial charge >= 0.3 is 0 Å². The molecule has 1 aromatic rings. The quantitative estimate of drug-likeness (QED) is 0.753. The van der Waals surface area contributed by atoms with Crippen molar-refractivity contribution in [3.63, 3.8) is 0 Å². The molecule has 0 radical (unpaired) electrons. The smallest absolute Gasteiger partial charge is 0.137 e. The lowest BCUT2D eigenvalue weighted by Crippen LogP contribution is -2.22. The molecule has 0 amide bonds. The van der Waals surface area contributed by atoms with Crippen molar-refractivity contribution in [2.24, 2.45) is 5.92 Å². The summed E-state index contributed by atoms with van der Waals surface area (Å²) in [7, 11) is 0. The Labute approximate surface area is 117 Å². The maximum Gasteiger partial charge on any atom is 0.137 e. The summed E-state index contributed by atoms with van der Waals surface area (Å²) in [6, 6.07) is 5.08. The molecule has 2 unspecified atom stereocenters. The van der Waals surface area contributed by atoms with Crippen LogP contribution in [-0.2, 0) is 11.3 Å². The topological polar surface area (TPSA) is 9.23 Å². The molecule has 1 aliphatic carbocycles. The SMILES string of the molecule is CCC1CCCC(OCc2ccc(F)c(Br)c2)C1. The van der Waals surface area contributed by atoms with Crippen molar-refractivity contribution in [3.8, 4) is 0 Å². The summed E-state index contributed by atoms with van der Waals surface area (Å²) in [4.78, 5) is 0. The molecule has 1 aromatic carbocycles. The monoisotopic (exact) mass is 314 g/mol. The van der Waals surface area contributed by atoms with E-state index in [1.54, 1.807) is 12.1 Å². The van der Waals surface area contributed by atoms with Crippen molar-refractivity contribution in [3.05, 3.63) is 34.1 Å². The Bertz CT molecular complexity index is 394. The Morgan fingerprint density at radius 1 is 1.39 bits per heavy atom. The molecule has 2 rings (SSSR count). The van der Waals surface area contributed by atoms with E-state index in [2.05, 4.69) is 22.9 Å². The van der Waals surface area contributed by atoms with Crippen LogP contribution < -0.4 is 0 Å². The van der Waals surface area contributed by atoms with E-state index < -0.39 is 0 Å². The fraction of sp³-hybridized carbons (Fsp3) is 0.600. The van der Waals surface area contributed by atoms with Crippen LogP contribution in [0.1, 0.15) is 44.6 Å². The molecule has 0 saturated heterocycles. The molecule has 100 valence electrons. The molecule has 0 N–H and O–H groups in total. The van der Waals surface area contributed by atoms with Crippen molar-refractivity contribution >= 4 is 15.9 Å². The van der Waals surface area contributed by atoms with Crippen LogP contribution in [0.15, 0.2) is 22.7 Å². The molecule has 0 bridgehead atoms. The van der Waals surface area contributed by atoms with Crippen LogP contribution in [0.25, 0.3) is 0 Å². The van der Waals surface area contributed by atoms with E-state index in [-0.39, 0.29) is 5.82 Å². The Balaban J connectivity index is 1.85. The lowest BCUT2D eigenvalue weighted by atomic mass is 9.85. The van der Waals surface area contributed by atoms with Crippen LogP contribution in [0.5, 0.6) is 0 Å². The Kier molecular flexibility index (Phi) is 5.19. The first-order chi connectivity index (χ1) is 8.69. The van der Waals surface area contributed by atoms with Crippen LogP contribution in [0, 0.1) is 11.7 Å². The first-order valence-electron chi connectivity index (χ1n) is 6.74. The lowest BCUT2D eigenvalue weighted by Gasteiger charge is -2.28. The maximum absolute atomic E-state index is 13.1. The van der Waals surface area contributed by atoms with Crippen LogP contribution >= 0.6 is 15.9 Å². The fourth-order valence-electron chi connectivity index (χ4n) is 2.61. The third-order valence-corrected chi connectivity index (χ3v) is 4.39. The van der Waals surface area contributed by atoms with Gasteiger partial charge in [0.15, 0.2) is 0 Å². The van der Waals surface area contributed by atoms with Gasteiger partial charge < -0.3 is 4.74 Å². The van der Waals surface area contributed by atoms with Gasteiger partial charge in [0.2, 0.25) is 0 Å². The van der Waals surface area contributed by atoms with Gasteiger partial charge in [-0.05, 0) is 52.4 Å². The summed E-state index contributed by atoms with van der Waals surface area (Å²) >= 11 is 3.20. The second-order valence-corrected chi connectivity index (χ2v) is 5.98. The number of halogens is 2. The molecular weight excluding hydrogens is 295 g/mol. The summed E-state index contributed by atoms with van der Waals surface area (Å²) in [6.07, 6.45) is 6.60. The van der Waals surface area contributed by atoms with Gasteiger partial charge in [-0.3, -0.25) is 0 Å². The molecule has 1 nitrogen and oxygen atoms in total. The Morgan fingerprint density at radius 2 is 2.22 bits per heavy atom. The highest BCUT2D eigenvalue weighted by molar-refractivity contribution is 9.10. The van der Waals surface area contributed by atoms with E-state index >= 15 is 0 Å². The molecule has 0 aliphatic heterocycles. The van der Waals surface area contributed by atoms with E-state index in [0.29, 0.717) is 17.2 Å². The zero-order valence-corrected chi connectivity index (χ0v) is 12.4. The van der Waals surface area contributed by atoms with E-state index in [1.807, 2.05) is 0 Å². The van der Waals surface area contributed by atoms with Gasteiger partial charge in [-0.15, -0.1) is 0 Å². The van der Waals surface area contributed by atoms with Crippen LogP contribution in [-0.4, -0.2) is 6.10 Å². The van der Waals surface area contributed by atoms with Crippen LogP contribution in [0.2, 0.25) is 0 Å². The second-order valence-electron chi connectivity index (χ2n) is 5.12. The third kappa shape index (κ3) is 3.79. The van der Waals surface area contributed by atoms with Gasteiger partial charge in [0.05, 0.1) is 17.2 Å². The molecule has 1 saturated carbocycles. The van der Waals surface area contributed by atoms with E-state index in [9.17, 15) is 4.39 Å². The van der Waals surface area contributed by atoms with Crippen molar-refractivity contribution in [1.82, 2.24) is 0 Å². The van der Waals surface area contributed by atoms with Crippen LogP contribution in [0.3, 0.4) is 0 Å². The molecule has 3 heteroatoms. The second kappa shape index (κ2) is 6.67. The molecule has 1 aliphatic rings. The summed E-state index contributed by atoms with van der Waals surface area (Å²) in [6.45, 7) is 2.84. The van der Waals surface area contributed by atoms with E-state index in [0.717, 1.165) is 11.5 Å². The van der Waals surface area contributed by atoms with Crippen molar-refractivity contribution < 1.29 is 9.13 Å². The number of rotatable bonds is 4. The minimum Gasteiger partial charge on any atom is -0.374 e. The van der Waals surface area contributed by atoms with Gasteiger partial charge in [-0.25, -0.2) is 4.39 Å². The number of ether oxygens (including phenoxy) is 1. The average molecular weight is 315 g/mol. The molecular formula is C15H20BrFO. The van der Waals surface area contributed by atoms with Crippen molar-refractivity contribution in [2.75, 3.05) is 0 Å². The van der Waals surface area contributed by atoms with Gasteiger partial charge in [0.1, 0.15) is 5.82 Å². The van der Waals surface area contributed by atoms with Crippen molar-refractivity contribution in [1.29, 1.82) is 0 Å². The minimum absolute atomic E-state index is 0.220. The number of benzene rings is 1. The van der Waals surface area contributed by atoms with Gasteiger partial charge in [-0.1, -0.05) is 32.3 Å². The van der Waals surface area contributed by atoms with E-state index in [1.165, 1.54) is 38.2 Å². The first-order valence-corrected chi connectivity index (χ1v) is 7.54. The zero-order chi connectivity index (χ0) is 13.0. The Hall–Kier alpha value is -0.410. The molecule has 0 heterocycles. The molecule has 0 aromatic heterocycles. The molecule has 1 fully saturated rings. The molecule has 0 spiro atoms. The Morgan fingerprint density at radius 3 is 2.94 bits per heavy atom. The highest BCUT2D eigenvalue weighted by Gasteiger charge is 2.21. The normalized spacial score (nSPS) is 24.2. The summed E-state index contributed by atoms with van der Waals surface area (Å²) < 4.78 is 19.6. The van der Waals surface area contributed by atoms with Gasteiger partial charge in [0.25, 0.3) is 0 Å². The standard InChI is InChI=1S/C15H20BrFO/c1-2-11-4-3-5-13(8-11)18-10-12-6-7-15(17)14(16)9-12/h6-7,9,11,13H,2-5,8,10H2,1H3. The first kappa shape index (κ1) is 14.0. The summed E-state index contributed by atoms with van der Waals surface area (Å²) in [5, 5.41) is 0. The maximum atomic E-state index is 13.1. The number of hydrogen-bond donors (Lipinski definition) is 0. The largest absolute Gasteiger partial charge is 0.374 e. The summed E-state index contributed by atoms with van der Waals surface area (Å²) in [5.41, 5.74) is 1.03. The van der Waals surface area contributed by atoms with Crippen LogP contribution in [0.4, 0.5) is 4.39 Å². The summed E-state index contributed by atoms with van der Waals surface area (Å²) in [5.74, 6) is 0.603. The lowest BCUT2D eigenvalue weighted by molar-refractivity contribution is 0.00173. The minimum atomic E-state index is -0.220. The van der Waals surface area contributed by atoms with Gasteiger partial charge in [-0.2, -0.15) is 0 Å².